The van der Waals surface area contributed by atoms with Crippen molar-refractivity contribution in [1.29, 1.82) is 0 Å². The monoisotopic (exact) mass is 261 g/mol. The highest BCUT2D eigenvalue weighted by Gasteiger charge is 2.26. The molecule has 17 heavy (non-hydrogen) atoms. The average molecular weight is 261 g/mol. The lowest BCUT2D eigenvalue weighted by Crippen LogP contribution is -2.21. The number of hydrogen-bond donors (Lipinski definition) is 4. The van der Waals surface area contributed by atoms with Crippen molar-refractivity contribution in [3.63, 3.8) is 0 Å². The lowest BCUT2D eigenvalue weighted by atomic mass is 10.1. The average Bonchev–Trinajstić information content (AvgIpc) is 2.58. The molecule has 0 aliphatic carbocycles. The summed E-state index contributed by atoms with van der Waals surface area (Å²) in [4.78, 5) is 24.8. The highest BCUT2D eigenvalue weighted by atomic mass is 32.1. The second-order valence-electron chi connectivity index (χ2n) is 3.38. The molecule has 0 aliphatic rings. The van der Waals surface area contributed by atoms with Gasteiger partial charge in [0.15, 0.2) is 0 Å². The number of carbonyl (C=O) groups is 2. The summed E-state index contributed by atoms with van der Waals surface area (Å²) in [5.74, 6) is -2.44. The van der Waals surface area contributed by atoms with Crippen molar-refractivity contribution in [2.45, 2.75) is 25.6 Å². The van der Waals surface area contributed by atoms with Gasteiger partial charge < -0.3 is 20.4 Å². The molecular weight excluding hydrogens is 250 g/mol. The lowest BCUT2D eigenvalue weighted by Gasteiger charge is -2.12. The van der Waals surface area contributed by atoms with Crippen LogP contribution < -0.4 is 0 Å². The molecule has 0 amide bonds. The molecule has 0 bridgehead atoms. The first kappa shape index (κ1) is 13.6. The summed E-state index contributed by atoms with van der Waals surface area (Å²) in [5, 5.41) is 36.2. The maximum absolute atomic E-state index is 10.7. The van der Waals surface area contributed by atoms with Crippen LogP contribution in [0.25, 0.3) is 0 Å². The number of aliphatic hydroxyl groups excluding tert-OH is 2. The maximum Gasteiger partial charge on any atom is 0.347 e. The third kappa shape index (κ3) is 3.22. The Bertz CT molecular complexity index is 443. The van der Waals surface area contributed by atoms with Gasteiger partial charge in [-0.15, -0.1) is 11.3 Å². The van der Waals surface area contributed by atoms with Crippen LogP contribution in [0.3, 0.4) is 0 Å². The largest absolute Gasteiger partial charge is 0.481 e. The molecule has 0 fully saturated rings. The summed E-state index contributed by atoms with van der Waals surface area (Å²) in [7, 11) is 0. The van der Waals surface area contributed by atoms with Gasteiger partial charge in [-0.2, -0.15) is 0 Å². The number of aromatic nitrogens is 1. The van der Waals surface area contributed by atoms with Gasteiger partial charge in [0.25, 0.3) is 0 Å². The zero-order valence-corrected chi connectivity index (χ0v) is 9.64. The lowest BCUT2D eigenvalue weighted by molar-refractivity contribution is -0.141. The Morgan fingerprint density at radius 1 is 1.35 bits per heavy atom. The number of rotatable bonds is 5. The van der Waals surface area contributed by atoms with Crippen LogP contribution in [0, 0.1) is 6.92 Å². The number of hydrogen-bond acceptors (Lipinski definition) is 6. The van der Waals surface area contributed by atoms with Crippen LogP contribution in [0.15, 0.2) is 0 Å². The van der Waals surface area contributed by atoms with Gasteiger partial charge >= 0.3 is 11.9 Å². The van der Waals surface area contributed by atoms with Crippen molar-refractivity contribution in [2.24, 2.45) is 0 Å². The molecule has 1 aromatic heterocycles. The third-order valence-corrected chi connectivity index (χ3v) is 3.22. The standard InChI is InChI=1S/C9H11NO6S/c1-3-7(9(15)16)17-8(10-3)6(14)4(11)2-5(12)13/h4,6,11,14H,2H2,1H3,(H,12,13)(H,15,16). The fourth-order valence-corrected chi connectivity index (χ4v) is 2.15. The summed E-state index contributed by atoms with van der Waals surface area (Å²) in [6.45, 7) is 1.46. The molecular formula is C9H11NO6S. The molecule has 1 rings (SSSR count). The summed E-state index contributed by atoms with van der Waals surface area (Å²) >= 11 is 0.718. The molecule has 0 saturated carbocycles. The predicted octanol–water partition coefficient (Wildman–Crippen LogP) is 0.0187. The molecule has 0 aliphatic heterocycles. The number of thiazole rings is 1. The van der Waals surface area contributed by atoms with Gasteiger partial charge in [0, 0.05) is 0 Å². The van der Waals surface area contributed by atoms with E-state index in [-0.39, 0.29) is 15.6 Å². The van der Waals surface area contributed by atoms with Gasteiger partial charge in [0.05, 0.1) is 18.2 Å². The minimum Gasteiger partial charge on any atom is -0.481 e. The Kier molecular flexibility index (Phi) is 4.16. The van der Waals surface area contributed by atoms with Gasteiger partial charge in [-0.1, -0.05) is 0 Å². The van der Waals surface area contributed by atoms with Crippen molar-refractivity contribution < 1.29 is 30.0 Å². The fourth-order valence-electron chi connectivity index (χ4n) is 1.20. The molecule has 94 valence electrons. The van der Waals surface area contributed by atoms with Crippen molar-refractivity contribution in [3.8, 4) is 0 Å². The molecule has 2 atom stereocenters. The fraction of sp³-hybridized carbons (Fsp3) is 0.444. The van der Waals surface area contributed by atoms with E-state index < -0.39 is 30.6 Å². The molecule has 2 unspecified atom stereocenters. The van der Waals surface area contributed by atoms with Crippen LogP contribution in [-0.2, 0) is 4.79 Å². The quantitative estimate of drug-likeness (QED) is 0.588. The first-order valence-electron chi connectivity index (χ1n) is 4.61. The van der Waals surface area contributed by atoms with Crippen LogP contribution >= 0.6 is 11.3 Å². The SMILES string of the molecule is Cc1nc(C(O)C(O)CC(=O)O)sc1C(=O)O. The molecule has 0 aromatic carbocycles. The topological polar surface area (TPSA) is 128 Å². The molecule has 0 spiro atoms. The number of carboxylic acids is 2. The smallest absolute Gasteiger partial charge is 0.347 e. The van der Waals surface area contributed by atoms with E-state index in [9.17, 15) is 19.8 Å². The molecule has 1 aromatic rings. The summed E-state index contributed by atoms with van der Waals surface area (Å²) < 4.78 is 0. The zero-order chi connectivity index (χ0) is 13.2. The Hall–Kier alpha value is -1.51. The summed E-state index contributed by atoms with van der Waals surface area (Å²) in [5.41, 5.74) is 0.221. The van der Waals surface area contributed by atoms with Crippen molar-refractivity contribution in [2.75, 3.05) is 0 Å². The third-order valence-electron chi connectivity index (χ3n) is 2.01. The maximum atomic E-state index is 10.7. The Balaban J connectivity index is 2.89. The molecule has 8 heteroatoms. The van der Waals surface area contributed by atoms with Gasteiger partial charge in [-0.25, -0.2) is 9.78 Å². The zero-order valence-electron chi connectivity index (χ0n) is 8.82. The number of aromatic carboxylic acids is 1. The number of aryl methyl sites for hydroxylation is 1. The molecule has 0 radical (unpaired) electrons. The van der Waals surface area contributed by atoms with Crippen molar-refractivity contribution in [3.05, 3.63) is 15.6 Å². The van der Waals surface area contributed by atoms with E-state index >= 15 is 0 Å². The van der Waals surface area contributed by atoms with E-state index in [1.165, 1.54) is 6.92 Å². The first-order chi connectivity index (χ1) is 7.82. The second kappa shape index (κ2) is 5.21. The Labute approximate surface area is 100.0 Å². The van der Waals surface area contributed by atoms with Crippen molar-refractivity contribution >= 4 is 23.3 Å². The second-order valence-corrected chi connectivity index (χ2v) is 4.41. The predicted molar refractivity (Wildman–Crippen MR) is 57.0 cm³/mol. The highest BCUT2D eigenvalue weighted by Crippen LogP contribution is 2.26. The van der Waals surface area contributed by atoms with E-state index in [1.54, 1.807) is 0 Å². The minimum atomic E-state index is -1.51. The van der Waals surface area contributed by atoms with E-state index in [4.69, 9.17) is 10.2 Å². The van der Waals surface area contributed by atoms with Crippen LogP contribution in [-0.4, -0.2) is 43.5 Å². The first-order valence-corrected chi connectivity index (χ1v) is 5.43. The number of carboxylic acid groups (broad SMARTS) is 2. The number of nitrogens with zero attached hydrogens (tertiary/aromatic N) is 1. The number of aliphatic carboxylic acids is 1. The van der Waals surface area contributed by atoms with Crippen LogP contribution in [0.4, 0.5) is 0 Å². The Morgan fingerprint density at radius 2 is 1.94 bits per heavy atom. The van der Waals surface area contributed by atoms with Gasteiger partial charge in [0.2, 0.25) is 0 Å². The van der Waals surface area contributed by atoms with Gasteiger partial charge in [-0.3, -0.25) is 4.79 Å². The minimum absolute atomic E-state index is 0.00588. The van der Waals surface area contributed by atoms with Crippen LogP contribution in [0.1, 0.15) is 32.9 Å². The molecule has 7 nitrogen and oxygen atoms in total. The highest BCUT2D eigenvalue weighted by molar-refractivity contribution is 7.13. The van der Waals surface area contributed by atoms with Crippen LogP contribution in [0.5, 0.6) is 0 Å². The summed E-state index contributed by atoms with van der Waals surface area (Å²) in [6, 6.07) is 0. The Morgan fingerprint density at radius 3 is 2.35 bits per heavy atom. The molecule has 4 N–H and O–H groups in total. The summed E-state index contributed by atoms with van der Waals surface area (Å²) in [6.07, 6.45) is -3.65. The number of aliphatic hydroxyl groups is 2. The van der Waals surface area contributed by atoms with E-state index in [2.05, 4.69) is 4.98 Å². The molecule has 1 heterocycles. The van der Waals surface area contributed by atoms with Gasteiger partial charge in [-0.05, 0) is 6.92 Å². The van der Waals surface area contributed by atoms with E-state index in [0.29, 0.717) is 0 Å². The normalized spacial score (nSPS) is 14.3. The van der Waals surface area contributed by atoms with Gasteiger partial charge in [0.1, 0.15) is 16.0 Å². The van der Waals surface area contributed by atoms with Crippen LogP contribution in [0.2, 0.25) is 0 Å². The van der Waals surface area contributed by atoms with Crippen molar-refractivity contribution in [1.82, 2.24) is 4.98 Å². The van der Waals surface area contributed by atoms with E-state index in [0.717, 1.165) is 11.3 Å². The van der Waals surface area contributed by atoms with E-state index in [1.807, 2.05) is 0 Å². The molecule has 0 saturated heterocycles.